The molecule has 0 aliphatic heterocycles. The molecule has 1 aromatic carbocycles. The number of nitrogens with zero attached hydrogens (tertiary/aromatic N) is 1. The molecule has 0 heterocycles. The Morgan fingerprint density at radius 1 is 1.56 bits per heavy atom. The Kier molecular flexibility index (Phi) is 4.55. The van der Waals surface area contributed by atoms with E-state index in [4.69, 9.17) is 16.3 Å². The topological polar surface area (TPSA) is 52.4 Å². The lowest BCUT2D eigenvalue weighted by Gasteiger charge is -2.11. The van der Waals surface area contributed by atoms with Gasteiger partial charge in [0.15, 0.2) is 0 Å². The molecule has 5 heteroatoms. The first-order valence-corrected chi connectivity index (χ1v) is 5.49. The van der Waals surface area contributed by atoms with Crippen molar-refractivity contribution < 1.29 is 9.66 Å². The molecule has 16 heavy (non-hydrogen) atoms. The van der Waals surface area contributed by atoms with Crippen LogP contribution in [0.1, 0.15) is 20.3 Å². The monoisotopic (exact) mass is 243 g/mol. The number of rotatable bonds is 5. The summed E-state index contributed by atoms with van der Waals surface area (Å²) in [6.45, 7) is 4.62. The summed E-state index contributed by atoms with van der Waals surface area (Å²) in [7, 11) is 0. The number of hydrogen-bond acceptors (Lipinski definition) is 3. The Balaban J connectivity index is 2.78. The van der Waals surface area contributed by atoms with Crippen molar-refractivity contribution in [3.63, 3.8) is 0 Å². The summed E-state index contributed by atoms with van der Waals surface area (Å²) < 4.78 is 5.44. The van der Waals surface area contributed by atoms with Crippen molar-refractivity contribution in [2.75, 3.05) is 6.61 Å². The van der Waals surface area contributed by atoms with Gasteiger partial charge >= 0.3 is 0 Å². The van der Waals surface area contributed by atoms with Gasteiger partial charge in [-0.3, -0.25) is 10.1 Å². The van der Waals surface area contributed by atoms with Gasteiger partial charge in [0, 0.05) is 6.07 Å². The molecule has 0 saturated carbocycles. The minimum Gasteiger partial charge on any atom is -0.491 e. The van der Waals surface area contributed by atoms with Crippen LogP contribution in [0.25, 0.3) is 0 Å². The maximum atomic E-state index is 10.6. The van der Waals surface area contributed by atoms with Crippen LogP contribution in [-0.2, 0) is 0 Å². The zero-order chi connectivity index (χ0) is 12.1. The van der Waals surface area contributed by atoms with E-state index >= 15 is 0 Å². The Labute approximate surface area is 99.3 Å². The van der Waals surface area contributed by atoms with E-state index in [0.717, 1.165) is 6.42 Å². The SMILES string of the molecule is CCC(C)COc1cc([N+](=O)[O-])ccc1Cl. The van der Waals surface area contributed by atoms with Crippen molar-refractivity contribution in [3.05, 3.63) is 33.3 Å². The highest BCUT2D eigenvalue weighted by atomic mass is 35.5. The fourth-order valence-electron chi connectivity index (χ4n) is 1.07. The smallest absolute Gasteiger partial charge is 0.273 e. The fourth-order valence-corrected chi connectivity index (χ4v) is 1.24. The largest absolute Gasteiger partial charge is 0.491 e. The van der Waals surface area contributed by atoms with Gasteiger partial charge in [-0.25, -0.2) is 0 Å². The molecule has 0 bridgehead atoms. The van der Waals surface area contributed by atoms with Crippen molar-refractivity contribution in [2.24, 2.45) is 5.92 Å². The molecule has 4 nitrogen and oxygen atoms in total. The molecule has 0 aromatic heterocycles. The first-order valence-electron chi connectivity index (χ1n) is 5.11. The summed E-state index contributed by atoms with van der Waals surface area (Å²) in [5.41, 5.74) is -0.0106. The van der Waals surface area contributed by atoms with Crippen molar-refractivity contribution in [1.82, 2.24) is 0 Å². The third kappa shape index (κ3) is 3.38. The molecule has 0 N–H and O–H groups in total. The minimum absolute atomic E-state index is 0.0106. The van der Waals surface area contributed by atoms with Gasteiger partial charge in [0.1, 0.15) is 5.75 Å². The van der Waals surface area contributed by atoms with E-state index in [1.54, 1.807) is 0 Å². The zero-order valence-electron chi connectivity index (χ0n) is 9.27. The minimum atomic E-state index is -0.466. The van der Waals surface area contributed by atoms with Gasteiger partial charge < -0.3 is 4.74 Å². The van der Waals surface area contributed by atoms with Crippen molar-refractivity contribution in [3.8, 4) is 5.75 Å². The van der Waals surface area contributed by atoms with Crippen LogP contribution in [0.3, 0.4) is 0 Å². The Bertz CT molecular complexity index is 381. The third-order valence-corrected chi connectivity index (χ3v) is 2.66. The lowest BCUT2D eigenvalue weighted by molar-refractivity contribution is -0.384. The molecule has 0 fully saturated rings. The number of nitro groups is 1. The summed E-state index contributed by atoms with van der Waals surface area (Å²) >= 11 is 5.88. The molecule has 0 aliphatic rings. The molecule has 0 saturated heterocycles. The van der Waals surface area contributed by atoms with E-state index in [2.05, 4.69) is 6.92 Å². The predicted molar refractivity (Wildman–Crippen MR) is 63.1 cm³/mol. The molecular formula is C11H14ClNO3. The van der Waals surface area contributed by atoms with Crippen LogP contribution in [0.2, 0.25) is 5.02 Å². The average Bonchev–Trinajstić information content (AvgIpc) is 2.27. The maximum absolute atomic E-state index is 10.6. The lowest BCUT2D eigenvalue weighted by Crippen LogP contribution is -2.07. The summed E-state index contributed by atoms with van der Waals surface area (Å²) in [5, 5.41) is 11.0. The third-order valence-electron chi connectivity index (χ3n) is 2.35. The van der Waals surface area contributed by atoms with Gasteiger partial charge in [0.25, 0.3) is 5.69 Å². The number of non-ortho nitro benzene ring substituents is 1. The first-order chi connectivity index (χ1) is 7.54. The lowest BCUT2D eigenvalue weighted by atomic mass is 10.1. The first kappa shape index (κ1) is 12.8. The van der Waals surface area contributed by atoms with Crippen LogP contribution in [0.15, 0.2) is 18.2 Å². The van der Waals surface area contributed by atoms with Crippen LogP contribution in [0.4, 0.5) is 5.69 Å². The van der Waals surface area contributed by atoms with Gasteiger partial charge in [-0.15, -0.1) is 0 Å². The number of benzene rings is 1. The van der Waals surface area contributed by atoms with Crippen LogP contribution in [0, 0.1) is 16.0 Å². The highest BCUT2D eigenvalue weighted by Crippen LogP contribution is 2.29. The molecule has 0 aliphatic carbocycles. The average molecular weight is 244 g/mol. The van der Waals surface area contributed by atoms with E-state index in [1.165, 1.54) is 18.2 Å². The normalized spacial score (nSPS) is 12.2. The molecule has 0 spiro atoms. The molecule has 88 valence electrons. The van der Waals surface area contributed by atoms with E-state index < -0.39 is 4.92 Å². The summed E-state index contributed by atoms with van der Waals surface area (Å²) in [4.78, 5) is 10.1. The van der Waals surface area contributed by atoms with Crippen molar-refractivity contribution in [2.45, 2.75) is 20.3 Å². The van der Waals surface area contributed by atoms with Gasteiger partial charge in [0.2, 0.25) is 0 Å². The molecule has 0 radical (unpaired) electrons. The fraction of sp³-hybridized carbons (Fsp3) is 0.455. The summed E-state index contributed by atoms with van der Waals surface area (Å²) in [6, 6.07) is 4.19. The van der Waals surface area contributed by atoms with E-state index in [-0.39, 0.29) is 5.69 Å². The zero-order valence-corrected chi connectivity index (χ0v) is 10.0. The van der Waals surface area contributed by atoms with E-state index in [9.17, 15) is 10.1 Å². The number of hydrogen-bond donors (Lipinski definition) is 0. The second-order valence-electron chi connectivity index (χ2n) is 3.70. The highest BCUT2D eigenvalue weighted by Gasteiger charge is 2.11. The number of ether oxygens (including phenoxy) is 1. The standard InChI is InChI=1S/C11H14ClNO3/c1-3-8(2)7-16-11-6-9(13(14)15)4-5-10(11)12/h4-6,8H,3,7H2,1-2H3. The van der Waals surface area contributed by atoms with Crippen LogP contribution < -0.4 is 4.74 Å². The number of halogens is 1. The number of nitro benzene ring substituents is 1. The molecule has 0 amide bonds. The summed E-state index contributed by atoms with van der Waals surface area (Å²) in [5.74, 6) is 0.770. The Morgan fingerprint density at radius 2 is 2.25 bits per heavy atom. The van der Waals surface area contributed by atoms with Crippen LogP contribution in [0.5, 0.6) is 5.75 Å². The van der Waals surface area contributed by atoms with Gasteiger partial charge in [-0.1, -0.05) is 31.9 Å². The summed E-state index contributed by atoms with van der Waals surface area (Å²) in [6.07, 6.45) is 0.993. The van der Waals surface area contributed by atoms with Crippen molar-refractivity contribution >= 4 is 17.3 Å². The molecule has 1 unspecified atom stereocenters. The van der Waals surface area contributed by atoms with Crippen LogP contribution in [-0.4, -0.2) is 11.5 Å². The quantitative estimate of drug-likeness (QED) is 0.586. The van der Waals surface area contributed by atoms with Gasteiger partial charge in [-0.05, 0) is 12.0 Å². The Hall–Kier alpha value is -1.29. The predicted octanol–water partition coefficient (Wildman–Crippen LogP) is 3.67. The second kappa shape index (κ2) is 5.70. The molecule has 1 atom stereocenters. The van der Waals surface area contributed by atoms with E-state index in [0.29, 0.717) is 23.3 Å². The van der Waals surface area contributed by atoms with Crippen molar-refractivity contribution in [1.29, 1.82) is 0 Å². The molecule has 1 aromatic rings. The van der Waals surface area contributed by atoms with Gasteiger partial charge in [-0.2, -0.15) is 0 Å². The molecular weight excluding hydrogens is 230 g/mol. The Morgan fingerprint density at radius 3 is 2.81 bits per heavy atom. The van der Waals surface area contributed by atoms with Gasteiger partial charge in [0.05, 0.1) is 22.6 Å². The van der Waals surface area contributed by atoms with Crippen LogP contribution >= 0.6 is 11.6 Å². The maximum Gasteiger partial charge on any atom is 0.273 e. The molecule has 1 rings (SSSR count). The van der Waals surface area contributed by atoms with E-state index in [1.807, 2.05) is 6.92 Å². The highest BCUT2D eigenvalue weighted by molar-refractivity contribution is 6.32. The second-order valence-corrected chi connectivity index (χ2v) is 4.10.